The monoisotopic (exact) mass is 399 g/mol. The summed E-state index contributed by atoms with van der Waals surface area (Å²) in [6.07, 6.45) is 0.0137. The number of rotatable bonds is 3. The summed E-state index contributed by atoms with van der Waals surface area (Å²) in [5, 5.41) is 11.5. The van der Waals surface area contributed by atoms with Gasteiger partial charge < -0.3 is 19.3 Å². The van der Waals surface area contributed by atoms with Crippen LogP contribution in [0.4, 0.5) is 4.79 Å². The number of likely N-dealkylation sites (tertiary alicyclic amines) is 1. The van der Waals surface area contributed by atoms with Crippen LogP contribution < -0.4 is 9.47 Å². The van der Waals surface area contributed by atoms with Crippen LogP contribution in [0.3, 0.4) is 0 Å². The van der Waals surface area contributed by atoms with Crippen molar-refractivity contribution in [3.8, 4) is 11.5 Å². The number of aliphatic carboxylic acids is 1. The molecular weight excluding hydrogens is 374 g/mol. The number of carbonyl (C=O) groups excluding carboxylic acids is 1. The van der Waals surface area contributed by atoms with Crippen molar-refractivity contribution in [1.82, 2.24) is 4.90 Å². The van der Waals surface area contributed by atoms with Crippen LogP contribution in [0.25, 0.3) is 10.8 Å². The highest BCUT2D eigenvalue weighted by Crippen LogP contribution is 2.38. The van der Waals surface area contributed by atoms with Crippen LogP contribution in [0.5, 0.6) is 11.5 Å². The predicted molar refractivity (Wildman–Crippen MR) is 107 cm³/mol. The fourth-order valence-corrected chi connectivity index (χ4v) is 3.90. The van der Waals surface area contributed by atoms with Crippen LogP contribution in [-0.4, -0.2) is 53.0 Å². The molecule has 2 aromatic carbocycles. The maximum absolute atomic E-state index is 12.5. The Bertz CT molecular complexity index is 964. The fourth-order valence-electron chi connectivity index (χ4n) is 3.90. The summed E-state index contributed by atoms with van der Waals surface area (Å²) in [4.78, 5) is 25.4. The highest BCUT2D eigenvalue weighted by Gasteiger charge is 2.42. The van der Waals surface area contributed by atoms with Gasteiger partial charge in [-0.1, -0.05) is 24.3 Å². The van der Waals surface area contributed by atoms with E-state index in [0.29, 0.717) is 12.4 Å². The van der Waals surface area contributed by atoms with Crippen molar-refractivity contribution >= 4 is 22.8 Å². The standard InChI is InChI=1S/C22H25NO6/c1-22(2,3)29-21(26)23-12-14(11-17(23)20(24)25)28-18-6-4-5-16-15(18)8-7-13-9-10-27-19(13)16/h4-8,14,17H,9-12H2,1-3H3,(H,24,25)/t14-,17+/m1/s1. The van der Waals surface area contributed by atoms with Crippen molar-refractivity contribution < 1.29 is 28.9 Å². The third kappa shape index (κ3) is 3.81. The zero-order chi connectivity index (χ0) is 20.8. The lowest BCUT2D eigenvalue weighted by molar-refractivity contribution is -0.142. The molecule has 2 atom stereocenters. The Morgan fingerprint density at radius 3 is 2.69 bits per heavy atom. The van der Waals surface area contributed by atoms with Gasteiger partial charge >= 0.3 is 12.1 Å². The molecule has 1 saturated heterocycles. The Kier molecular flexibility index (Phi) is 4.76. The van der Waals surface area contributed by atoms with E-state index < -0.39 is 29.8 Å². The minimum Gasteiger partial charge on any atom is -0.492 e. The number of hydrogen-bond donors (Lipinski definition) is 1. The third-order valence-electron chi connectivity index (χ3n) is 5.14. The Morgan fingerprint density at radius 2 is 1.97 bits per heavy atom. The topological polar surface area (TPSA) is 85.3 Å². The molecule has 29 heavy (non-hydrogen) atoms. The average Bonchev–Trinajstić information content (AvgIpc) is 3.27. The van der Waals surface area contributed by atoms with Gasteiger partial charge in [-0.2, -0.15) is 0 Å². The van der Waals surface area contributed by atoms with Crippen molar-refractivity contribution in [1.29, 1.82) is 0 Å². The summed E-state index contributed by atoms with van der Waals surface area (Å²) in [5.74, 6) is 0.477. The summed E-state index contributed by atoms with van der Waals surface area (Å²) in [5.41, 5.74) is 0.479. The first-order chi connectivity index (χ1) is 13.7. The Morgan fingerprint density at radius 1 is 1.17 bits per heavy atom. The maximum Gasteiger partial charge on any atom is 0.411 e. The Hall–Kier alpha value is -2.96. The van der Waals surface area contributed by atoms with Gasteiger partial charge in [-0.3, -0.25) is 4.90 Å². The predicted octanol–water partition coefficient (Wildman–Crippen LogP) is 3.62. The van der Waals surface area contributed by atoms with E-state index in [9.17, 15) is 14.7 Å². The van der Waals surface area contributed by atoms with E-state index in [1.165, 1.54) is 10.5 Å². The molecule has 0 unspecified atom stereocenters. The second-order valence-corrected chi connectivity index (χ2v) is 8.47. The first kappa shape index (κ1) is 19.4. The molecule has 0 aromatic heterocycles. The van der Waals surface area contributed by atoms with Gasteiger partial charge in [0.15, 0.2) is 0 Å². The smallest absolute Gasteiger partial charge is 0.411 e. The number of fused-ring (bicyclic) bond motifs is 3. The summed E-state index contributed by atoms with van der Waals surface area (Å²) in [6, 6.07) is 8.82. The first-order valence-electron chi connectivity index (χ1n) is 9.79. The molecule has 1 fully saturated rings. The van der Waals surface area contributed by atoms with E-state index in [2.05, 4.69) is 0 Å². The van der Waals surface area contributed by atoms with Crippen molar-refractivity contribution in [3.05, 3.63) is 35.9 Å². The lowest BCUT2D eigenvalue weighted by Crippen LogP contribution is -2.43. The van der Waals surface area contributed by atoms with Crippen LogP contribution in [0, 0.1) is 0 Å². The summed E-state index contributed by atoms with van der Waals surface area (Å²) >= 11 is 0. The molecule has 2 aliphatic heterocycles. The van der Waals surface area contributed by atoms with Gasteiger partial charge in [0.1, 0.15) is 29.2 Å². The summed E-state index contributed by atoms with van der Waals surface area (Å²) in [6.45, 7) is 6.08. The van der Waals surface area contributed by atoms with Gasteiger partial charge in [-0.25, -0.2) is 9.59 Å². The molecule has 0 saturated carbocycles. The van der Waals surface area contributed by atoms with Crippen LogP contribution in [0.1, 0.15) is 32.8 Å². The van der Waals surface area contributed by atoms with Crippen molar-refractivity contribution in [2.24, 2.45) is 0 Å². The van der Waals surface area contributed by atoms with E-state index in [1.54, 1.807) is 20.8 Å². The third-order valence-corrected chi connectivity index (χ3v) is 5.14. The van der Waals surface area contributed by atoms with E-state index in [0.717, 1.165) is 22.9 Å². The normalized spacial score (nSPS) is 21.0. The Balaban J connectivity index is 1.57. The van der Waals surface area contributed by atoms with Crippen molar-refractivity contribution in [2.45, 2.75) is 51.4 Å². The van der Waals surface area contributed by atoms with Gasteiger partial charge in [0.05, 0.1) is 13.2 Å². The molecule has 0 bridgehead atoms. The average molecular weight is 399 g/mol. The van der Waals surface area contributed by atoms with Gasteiger partial charge in [0, 0.05) is 23.6 Å². The highest BCUT2D eigenvalue weighted by atomic mass is 16.6. The number of ether oxygens (including phenoxy) is 3. The zero-order valence-electron chi connectivity index (χ0n) is 16.8. The van der Waals surface area contributed by atoms with Crippen molar-refractivity contribution in [2.75, 3.05) is 13.2 Å². The lowest BCUT2D eigenvalue weighted by Gasteiger charge is -2.26. The lowest BCUT2D eigenvalue weighted by atomic mass is 10.0. The number of benzene rings is 2. The minimum absolute atomic E-state index is 0.156. The van der Waals surface area contributed by atoms with E-state index in [-0.39, 0.29) is 13.0 Å². The molecule has 154 valence electrons. The molecule has 0 radical (unpaired) electrons. The minimum atomic E-state index is -1.06. The van der Waals surface area contributed by atoms with Gasteiger partial charge in [-0.05, 0) is 32.4 Å². The molecule has 1 N–H and O–H groups in total. The van der Waals surface area contributed by atoms with E-state index in [4.69, 9.17) is 14.2 Å². The highest BCUT2D eigenvalue weighted by molar-refractivity contribution is 5.94. The molecule has 7 heteroatoms. The number of amides is 1. The number of carboxylic acids is 1. The van der Waals surface area contributed by atoms with Gasteiger partial charge in [-0.15, -0.1) is 0 Å². The number of carboxylic acid groups (broad SMARTS) is 1. The maximum atomic E-state index is 12.5. The molecule has 1 amide bonds. The first-order valence-corrected chi connectivity index (χ1v) is 9.79. The van der Waals surface area contributed by atoms with Crippen LogP contribution >= 0.6 is 0 Å². The van der Waals surface area contributed by atoms with Gasteiger partial charge in [0.2, 0.25) is 0 Å². The van der Waals surface area contributed by atoms with E-state index in [1.807, 2.05) is 30.3 Å². The molecule has 2 aromatic rings. The summed E-state index contributed by atoms with van der Waals surface area (Å²) < 4.78 is 17.3. The van der Waals surface area contributed by atoms with E-state index >= 15 is 0 Å². The molecule has 7 nitrogen and oxygen atoms in total. The number of carbonyl (C=O) groups is 2. The number of hydrogen-bond acceptors (Lipinski definition) is 5. The molecule has 0 spiro atoms. The molecule has 2 aliphatic rings. The molecule has 2 heterocycles. The fraction of sp³-hybridized carbons (Fsp3) is 0.455. The van der Waals surface area contributed by atoms with Crippen molar-refractivity contribution in [3.63, 3.8) is 0 Å². The summed E-state index contributed by atoms with van der Waals surface area (Å²) in [7, 11) is 0. The van der Waals surface area contributed by atoms with Crippen LogP contribution in [-0.2, 0) is 16.0 Å². The van der Waals surface area contributed by atoms with Crippen LogP contribution in [0.2, 0.25) is 0 Å². The molecule has 0 aliphatic carbocycles. The molecular formula is C22H25NO6. The Labute approximate surface area is 169 Å². The zero-order valence-corrected chi connectivity index (χ0v) is 16.8. The quantitative estimate of drug-likeness (QED) is 0.849. The second-order valence-electron chi connectivity index (χ2n) is 8.47. The number of nitrogens with zero attached hydrogens (tertiary/aromatic N) is 1. The SMILES string of the molecule is CC(C)(C)OC(=O)N1C[C@H](Oc2cccc3c4c(ccc23)CCO4)C[C@H]1C(=O)O. The van der Waals surface area contributed by atoms with Crippen LogP contribution in [0.15, 0.2) is 30.3 Å². The second kappa shape index (κ2) is 7.13. The van der Waals surface area contributed by atoms with Gasteiger partial charge in [0.25, 0.3) is 0 Å². The largest absolute Gasteiger partial charge is 0.492 e. The molecule has 4 rings (SSSR count).